The number of hydrogen-bond acceptors (Lipinski definition) is 3. The molecule has 3 rings (SSSR count). The fourth-order valence-electron chi connectivity index (χ4n) is 3.16. The molecule has 0 aromatic heterocycles. The Morgan fingerprint density at radius 2 is 1.85 bits per heavy atom. The summed E-state index contributed by atoms with van der Waals surface area (Å²) in [7, 11) is 3.14. The van der Waals surface area contributed by atoms with Crippen LogP contribution in [0.2, 0.25) is 10.0 Å². The summed E-state index contributed by atoms with van der Waals surface area (Å²) in [5.41, 5.74) is 0.781. The molecule has 1 fully saturated rings. The van der Waals surface area contributed by atoms with Gasteiger partial charge < -0.3 is 15.0 Å². The molecule has 1 aliphatic rings. The van der Waals surface area contributed by atoms with Gasteiger partial charge in [0.1, 0.15) is 5.75 Å². The van der Waals surface area contributed by atoms with Crippen LogP contribution in [0.3, 0.4) is 0 Å². The van der Waals surface area contributed by atoms with Crippen LogP contribution in [0.15, 0.2) is 42.5 Å². The van der Waals surface area contributed by atoms with Crippen molar-refractivity contribution in [1.29, 1.82) is 0 Å². The first kappa shape index (κ1) is 19.5. The molecule has 1 aliphatic carbocycles. The van der Waals surface area contributed by atoms with E-state index in [1.165, 1.54) is 12.0 Å². The van der Waals surface area contributed by atoms with Gasteiger partial charge in [-0.2, -0.15) is 0 Å². The van der Waals surface area contributed by atoms with Gasteiger partial charge in [0.15, 0.2) is 0 Å². The molecule has 0 aliphatic heterocycles. The van der Waals surface area contributed by atoms with Gasteiger partial charge in [0.2, 0.25) is 11.8 Å². The lowest BCUT2D eigenvalue weighted by Crippen LogP contribution is -2.41. The Kier molecular flexibility index (Phi) is 5.63. The van der Waals surface area contributed by atoms with E-state index in [1.54, 1.807) is 31.3 Å². The summed E-state index contributed by atoms with van der Waals surface area (Å²) in [5.74, 6) is 0.0885. The van der Waals surface area contributed by atoms with Crippen LogP contribution in [0, 0.1) is 0 Å². The minimum atomic E-state index is -0.576. The topological polar surface area (TPSA) is 58.6 Å². The number of hydrogen-bond donors (Lipinski definition) is 1. The van der Waals surface area contributed by atoms with E-state index in [0.29, 0.717) is 21.5 Å². The van der Waals surface area contributed by atoms with Gasteiger partial charge in [-0.25, -0.2) is 0 Å². The molecule has 2 amide bonds. The SMILES string of the molecule is COc1ccc(Cl)cc1NC(=O)CN(C)C(=O)C1(c2cccc(Cl)c2)CC1. The number of halogens is 2. The molecular formula is C20H20Cl2N2O3. The Morgan fingerprint density at radius 3 is 2.48 bits per heavy atom. The highest BCUT2D eigenvalue weighted by Gasteiger charge is 2.52. The number of nitrogens with zero attached hydrogens (tertiary/aromatic N) is 1. The molecule has 27 heavy (non-hydrogen) atoms. The van der Waals surface area contributed by atoms with Crippen molar-refractivity contribution in [2.24, 2.45) is 0 Å². The third kappa shape index (κ3) is 4.20. The molecule has 5 nitrogen and oxygen atoms in total. The normalized spacial score (nSPS) is 14.4. The Morgan fingerprint density at radius 1 is 1.15 bits per heavy atom. The predicted molar refractivity (Wildman–Crippen MR) is 107 cm³/mol. The molecule has 1 N–H and O–H groups in total. The fourth-order valence-corrected chi connectivity index (χ4v) is 3.52. The highest BCUT2D eigenvalue weighted by Crippen LogP contribution is 2.49. The van der Waals surface area contributed by atoms with Gasteiger partial charge in [-0.15, -0.1) is 0 Å². The van der Waals surface area contributed by atoms with Crippen molar-refractivity contribution in [2.75, 3.05) is 26.0 Å². The number of nitrogens with one attached hydrogen (secondary N) is 1. The number of ether oxygens (including phenoxy) is 1. The van der Waals surface area contributed by atoms with Gasteiger partial charge in [-0.3, -0.25) is 9.59 Å². The van der Waals surface area contributed by atoms with E-state index < -0.39 is 5.41 Å². The lowest BCUT2D eigenvalue weighted by molar-refractivity contribution is -0.135. The summed E-state index contributed by atoms with van der Waals surface area (Å²) in [6.07, 6.45) is 1.50. The zero-order valence-corrected chi connectivity index (χ0v) is 16.6. The van der Waals surface area contributed by atoms with Gasteiger partial charge in [-0.1, -0.05) is 35.3 Å². The average molecular weight is 407 g/mol. The average Bonchev–Trinajstić information content (AvgIpc) is 3.43. The number of likely N-dealkylation sites (N-methyl/N-ethyl adjacent to an activating group) is 1. The van der Waals surface area contributed by atoms with Crippen LogP contribution >= 0.6 is 23.2 Å². The highest BCUT2D eigenvalue weighted by molar-refractivity contribution is 6.31. The maximum absolute atomic E-state index is 13.0. The van der Waals surface area contributed by atoms with Crippen LogP contribution < -0.4 is 10.1 Å². The number of anilines is 1. The Bertz CT molecular complexity index is 881. The quantitative estimate of drug-likeness (QED) is 0.784. The molecule has 0 spiro atoms. The Labute approximate surface area is 168 Å². The van der Waals surface area contributed by atoms with Crippen LogP contribution in [0.25, 0.3) is 0 Å². The van der Waals surface area contributed by atoms with Crippen LogP contribution in [0.4, 0.5) is 5.69 Å². The molecule has 0 saturated heterocycles. The first-order valence-corrected chi connectivity index (χ1v) is 9.26. The van der Waals surface area contributed by atoms with E-state index in [9.17, 15) is 9.59 Å². The second kappa shape index (κ2) is 7.79. The number of carbonyl (C=O) groups excluding carboxylic acids is 2. The molecule has 142 valence electrons. The fraction of sp³-hybridized carbons (Fsp3) is 0.300. The lowest BCUT2D eigenvalue weighted by Gasteiger charge is -2.24. The van der Waals surface area contributed by atoms with Gasteiger partial charge in [0.05, 0.1) is 24.8 Å². The summed E-state index contributed by atoms with van der Waals surface area (Å²) in [5, 5.41) is 3.82. The zero-order valence-electron chi connectivity index (χ0n) is 15.1. The van der Waals surface area contributed by atoms with Crippen molar-refractivity contribution in [3.05, 3.63) is 58.1 Å². The Balaban J connectivity index is 1.68. The van der Waals surface area contributed by atoms with E-state index in [4.69, 9.17) is 27.9 Å². The van der Waals surface area contributed by atoms with Crippen molar-refractivity contribution in [1.82, 2.24) is 4.90 Å². The first-order valence-electron chi connectivity index (χ1n) is 8.51. The molecule has 0 unspecified atom stereocenters. The van der Waals surface area contributed by atoms with Crippen LogP contribution in [-0.4, -0.2) is 37.4 Å². The number of benzene rings is 2. The van der Waals surface area contributed by atoms with E-state index >= 15 is 0 Å². The second-order valence-electron chi connectivity index (χ2n) is 6.65. The van der Waals surface area contributed by atoms with Crippen molar-refractivity contribution in [3.63, 3.8) is 0 Å². The third-order valence-electron chi connectivity index (χ3n) is 4.70. The predicted octanol–water partition coefficient (Wildman–Crippen LogP) is 4.13. The van der Waals surface area contributed by atoms with Gasteiger partial charge in [-0.05, 0) is 48.7 Å². The maximum Gasteiger partial charge on any atom is 0.244 e. The minimum Gasteiger partial charge on any atom is -0.495 e. The smallest absolute Gasteiger partial charge is 0.244 e. The second-order valence-corrected chi connectivity index (χ2v) is 7.52. The monoisotopic (exact) mass is 406 g/mol. The summed E-state index contributed by atoms with van der Waals surface area (Å²) in [6, 6.07) is 12.3. The standard InChI is InChI=1S/C20H20Cl2N2O3/c1-24(12-18(25)23-16-11-15(22)6-7-17(16)27-2)19(26)20(8-9-20)13-4-3-5-14(21)10-13/h3-7,10-11H,8-9,12H2,1-2H3,(H,23,25). The summed E-state index contributed by atoms with van der Waals surface area (Å²) >= 11 is 12.0. The molecular weight excluding hydrogens is 387 g/mol. The molecule has 2 aromatic rings. The number of rotatable bonds is 6. The Hall–Kier alpha value is -2.24. The van der Waals surface area contributed by atoms with Crippen molar-refractivity contribution >= 4 is 40.7 Å². The van der Waals surface area contributed by atoms with Crippen molar-refractivity contribution in [2.45, 2.75) is 18.3 Å². The van der Waals surface area contributed by atoms with E-state index in [2.05, 4.69) is 5.32 Å². The maximum atomic E-state index is 13.0. The molecule has 7 heteroatoms. The van der Waals surface area contributed by atoms with E-state index in [-0.39, 0.29) is 18.4 Å². The minimum absolute atomic E-state index is 0.0726. The number of amides is 2. The van der Waals surface area contributed by atoms with Gasteiger partial charge in [0, 0.05) is 17.1 Å². The van der Waals surface area contributed by atoms with Crippen LogP contribution in [0.1, 0.15) is 18.4 Å². The van der Waals surface area contributed by atoms with Gasteiger partial charge >= 0.3 is 0 Å². The highest BCUT2D eigenvalue weighted by atomic mass is 35.5. The van der Waals surface area contributed by atoms with Crippen molar-refractivity contribution in [3.8, 4) is 5.75 Å². The van der Waals surface area contributed by atoms with E-state index in [1.807, 2.05) is 18.2 Å². The van der Waals surface area contributed by atoms with Crippen LogP contribution in [-0.2, 0) is 15.0 Å². The first-order chi connectivity index (χ1) is 12.9. The third-order valence-corrected chi connectivity index (χ3v) is 5.17. The molecule has 0 radical (unpaired) electrons. The van der Waals surface area contributed by atoms with Crippen LogP contribution in [0.5, 0.6) is 5.75 Å². The van der Waals surface area contributed by atoms with Gasteiger partial charge in [0.25, 0.3) is 0 Å². The molecule has 0 bridgehead atoms. The molecule has 1 saturated carbocycles. The van der Waals surface area contributed by atoms with E-state index in [0.717, 1.165) is 18.4 Å². The number of carbonyl (C=O) groups is 2. The number of methoxy groups -OCH3 is 1. The summed E-state index contributed by atoms with van der Waals surface area (Å²) in [6.45, 7) is -0.0726. The molecule has 0 heterocycles. The lowest BCUT2D eigenvalue weighted by atomic mass is 9.94. The summed E-state index contributed by atoms with van der Waals surface area (Å²) in [4.78, 5) is 26.8. The largest absolute Gasteiger partial charge is 0.495 e. The van der Waals surface area contributed by atoms with Crippen molar-refractivity contribution < 1.29 is 14.3 Å². The molecule has 0 atom stereocenters. The molecule has 2 aromatic carbocycles. The zero-order chi connectivity index (χ0) is 19.6. The summed E-state index contributed by atoms with van der Waals surface area (Å²) < 4.78 is 5.22.